The maximum atomic E-state index is 13.2. The summed E-state index contributed by atoms with van der Waals surface area (Å²) in [4.78, 5) is 23.2. The number of halogens is 1. The van der Waals surface area contributed by atoms with Crippen LogP contribution in [-0.2, 0) is 4.79 Å². The smallest absolute Gasteiger partial charge is 0.252 e. The van der Waals surface area contributed by atoms with Crippen molar-refractivity contribution in [1.29, 1.82) is 0 Å². The third-order valence-corrected chi connectivity index (χ3v) is 3.12. The SMILES string of the molecule is O=C1CCC(CNC(=O)c2ccc(F)cc2C#CCO)N1. The van der Waals surface area contributed by atoms with Crippen LogP contribution in [0.1, 0.15) is 28.8 Å². The minimum absolute atomic E-state index is 0.0227. The fraction of sp³-hybridized carbons (Fsp3) is 0.333. The topological polar surface area (TPSA) is 78.4 Å². The van der Waals surface area contributed by atoms with E-state index in [1.807, 2.05) is 0 Å². The van der Waals surface area contributed by atoms with E-state index in [-0.39, 0.29) is 29.7 Å². The van der Waals surface area contributed by atoms with Crippen molar-refractivity contribution in [3.05, 3.63) is 35.1 Å². The molecule has 1 fully saturated rings. The van der Waals surface area contributed by atoms with Gasteiger partial charge in [0.1, 0.15) is 12.4 Å². The molecule has 0 radical (unpaired) electrons. The van der Waals surface area contributed by atoms with Gasteiger partial charge >= 0.3 is 0 Å². The minimum Gasteiger partial charge on any atom is -0.384 e. The van der Waals surface area contributed by atoms with Crippen LogP contribution in [0.3, 0.4) is 0 Å². The summed E-state index contributed by atoms with van der Waals surface area (Å²) in [6, 6.07) is 3.60. The Morgan fingerprint density at radius 1 is 1.52 bits per heavy atom. The molecular formula is C15H15FN2O3. The summed E-state index contributed by atoms with van der Waals surface area (Å²) >= 11 is 0. The second kappa shape index (κ2) is 6.86. The summed E-state index contributed by atoms with van der Waals surface area (Å²) in [5.41, 5.74) is 0.457. The highest BCUT2D eigenvalue weighted by molar-refractivity contribution is 5.96. The highest BCUT2D eigenvalue weighted by atomic mass is 19.1. The summed E-state index contributed by atoms with van der Waals surface area (Å²) in [5, 5.41) is 14.1. The summed E-state index contributed by atoms with van der Waals surface area (Å²) in [6.07, 6.45) is 1.14. The number of aliphatic hydroxyl groups excluding tert-OH is 1. The van der Waals surface area contributed by atoms with E-state index in [2.05, 4.69) is 22.5 Å². The molecule has 3 N–H and O–H groups in total. The molecule has 0 spiro atoms. The predicted octanol–water partition coefficient (Wildman–Crippen LogP) is 0.178. The molecule has 21 heavy (non-hydrogen) atoms. The van der Waals surface area contributed by atoms with Crippen molar-refractivity contribution in [3.8, 4) is 11.8 Å². The zero-order valence-electron chi connectivity index (χ0n) is 11.3. The summed E-state index contributed by atoms with van der Waals surface area (Å²) < 4.78 is 13.2. The molecule has 1 aromatic carbocycles. The molecular weight excluding hydrogens is 275 g/mol. The van der Waals surface area contributed by atoms with E-state index in [4.69, 9.17) is 5.11 Å². The molecule has 6 heteroatoms. The van der Waals surface area contributed by atoms with Gasteiger partial charge in [-0.3, -0.25) is 9.59 Å². The molecule has 1 aliphatic heterocycles. The van der Waals surface area contributed by atoms with Crippen molar-refractivity contribution < 1.29 is 19.1 Å². The number of carbonyl (C=O) groups excluding carboxylic acids is 2. The van der Waals surface area contributed by atoms with E-state index in [9.17, 15) is 14.0 Å². The van der Waals surface area contributed by atoms with Crippen molar-refractivity contribution >= 4 is 11.8 Å². The fourth-order valence-electron chi connectivity index (χ4n) is 2.09. The molecule has 110 valence electrons. The number of amides is 2. The second-order valence-corrected chi connectivity index (χ2v) is 4.66. The largest absolute Gasteiger partial charge is 0.384 e. The number of carbonyl (C=O) groups is 2. The summed E-state index contributed by atoms with van der Waals surface area (Å²) in [7, 11) is 0. The summed E-state index contributed by atoms with van der Waals surface area (Å²) in [5.74, 6) is 4.03. The van der Waals surface area contributed by atoms with E-state index in [1.54, 1.807) is 0 Å². The zero-order valence-corrected chi connectivity index (χ0v) is 11.3. The molecule has 1 heterocycles. The quantitative estimate of drug-likeness (QED) is 0.695. The van der Waals surface area contributed by atoms with E-state index in [1.165, 1.54) is 12.1 Å². The van der Waals surface area contributed by atoms with Crippen molar-refractivity contribution in [2.75, 3.05) is 13.2 Å². The van der Waals surface area contributed by atoms with Gasteiger partial charge in [-0.2, -0.15) is 0 Å². The molecule has 1 unspecified atom stereocenters. The Labute approximate surface area is 121 Å². The molecule has 1 atom stereocenters. The number of hydrogen-bond acceptors (Lipinski definition) is 3. The van der Waals surface area contributed by atoms with Crippen LogP contribution in [0, 0.1) is 17.7 Å². The van der Waals surface area contributed by atoms with E-state index < -0.39 is 11.7 Å². The number of rotatable bonds is 3. The Hall–Kier alpha value is -2.39. The maximum absolute atomic E-state index is 13.2. The predicted molar refractivity (Wildman–Crippen MR) is 73.9 cm³/mol. The van der Waals surface area contributed by atoms with Crippen molar-refractivity contribution in [2.24, 2.45) is 0 Å². The van der Waals surface area contributed by atoms with Gasteiger partial charge in [0, 0.05) is 24.6 Å². The molecule has 0 aromatic heterocycles. The van der Waals surface area contributed by atoms with Crippen LogP contribution < -0.4 is 10.6 Å². The van der Waals surface area contributed by atoms with Crippen molar-refractivity contribution in [2.45, 2.75) is 18.9 Å². The first kappa shape index (κ1) is 15.0. The number of benzene rings is 1. The average Bonchev–Trinajstić information content (AvgIpc) is 2.88. The second-order valence-electron chi connectivity index (χ2n) is 4.66. The zero-order chi connectivity index (χ0) is 15.2. The van der Waals surface area contributed by atoms with Gasteiger partial charge in [0.05, 0.1) is 5.56 Å². The van der Waals surface area contributed by atoms with Gasteiger partial charge in [-0.25, -0.2) is 4.39 Å². The lowest BCUT2D eigenvalue weighted by Crippen LogP contribution is -2.38. The van der Waals surface area contributed by atoms with Crippen LogP contribution in [0.5, 0.6) is 0 Å². The van der Waals surface area contributed by atoms with Gasteiger partial charge in [-0.1, -0.05) is 11.8 Å². The normalized spacial score (nSPS) is 16.9. The lowest BCUT2D eigenvalue weighted by atomic mass is 10.1. The third kappa shape index (κ3) is 4.04. The molecule has 0 aliphatic carbocycles. The minimum atomic E-state index is -0.503. The lowest BCUT2D eigenvalue weighted by molar-refractivity contribution is -0.119. The Kier molecular flexibility index (Phi) is 4.90. The number of hydrogen-bond donors (Lipinski definition) is 3. The first-order valence-corrected chi connectivity index (χ1v) is 6.57. The van der Waals surface area contributed by atoms with Gasteiger partial charge < -0.3 is 15.7 Å². The lowest BCUT2D eigenvalue weighted by Gasteiger charge is -2.12. The van der Waals surface area contributed by atoms with Gasteiger partial charge in [-0.05, 0) is 24.6 Å². The highest BCUT2D eigenvalue weighted by Crippen LogP contribution is 2.11. The van der Waals surface area contributed by atoms with Gasteiger partial charge in [0.15, 0.2) is 0 Å². The molecule has 2 rings (SSSR count). The molecule has 1 aliphatic rings. The molecule has 2 amide bonds. The number of aliphatic hydroxyl groups is 1. The first-order chi connectivity index (χ1) is 10.1. The Morgan fingerprint density at radius 2 is 2.33 bits per heavy atom. The monoisotopic (exact) mass is 290 g/mol. The highest BCUT2D eigenvalue weighted by Gasteiger charge is 2.21. The molecule has 5 nitrogen and oxygen atoms in total. The van der Waals surface area contributed by atoms with Crippen LogP contribution in [0.2, 0.25) is 0 Å². The Balaban J connectivity index is 2.06. The fourth-order valence-corrected chi connectivity index (χ4v) is 2.09. The van der Waals surface area contributed by atoms with Crippen LogP contribution in [0.4, 0.5) is 4.39 Å². The van der Waals surface area contributed by atoms with E-state index >= 15 is 0 Å². The van der Waals surface area contributed by atoms with Gasteiger partial charge in [-0.15, -0.1) is 0 Å². The van der Waals surface area contributed by atoms with Crippen LogP contribution in [-0.4, -0.2) is 36.1 Å². The standard InChI is InChI=1S/C15H15FN2O3/c16-11-3-5-13(10(8-11)2-1-7-19)15(21)17-9-12-4-6-14(20)18-12/h3,5,8,12,19H,4,6-7,9H2,(H,17,21)(H,18,20). The molecule has 1 saturated heterocycles. The van der Waals surface area contributed by atoms with Gasteiger partial charge in [0.2, 0.25) is 5.91 Å². The van der Waals surface area contributed by atoms with E-state index in [0.29, 0.717) is 19.4 Å². The van der Waals surface area contributed by atoms with Crippen LogP contribution in [0.15, 0.2) is 18.2 Å². The molecule has 0 bridgehead atoms. The van der Waals surface area contributed by atoms with Crippen molar-refractivity contribution in [3.63, 3.8) is 0 Å². The molecule has 1 aromatic rings. The number of nitrogens with one attached hydrogen (secondary N) is 2. The summed E-state index contributed by atoms with van der Waals surface area (Å²) in [6.45, 7) is -0.0551. The third-order valence-electron chi connectivity index (χ3n) is 3.12. The molecule has 0 saturated carbocycles. The van der Waals surface area contributed by atoms with Gasteiger partial charge in [0.25, 0.3) is 5.91 Å². The maximum Gasteiger partial charge on any atom is 0.252 e. The Morgan fingerprint density at radius 3 is 3.00 bits per heavy atom. The van der Waals surface area contributed by atoms with Crippen molar-refractivity contribution in [1.82, 2.24) is 10.6 Å². The average molecular weight is 290 g/mol. The van der Waals surface area contributed by atoms with Crippen LogP contribution in [0.25, 0.3) is 0 Å². The Bertz CT molecular complexity index is 619. The van der Waals surface area contributed by atoms with E-state index in [0.717, 1.165) is 6.07 Å². The van der Waals surface area contributed by atoms with Crippen LogP contribution >= 0.6 is 0 Å². The first-order valence-electron chi connectivity index (χ1n) is 6.57.